The molecule has 0 aliphatic heterocycles. The van der Waals surface area contributed by atoms with Crippen molar-refractivity contribution in [3.63, 3.8) is 0 Å². The zero-order valence-corrected chi connectivity index (χ0v) is 13.8. The molecule has 0 fully saturated rings. The highest BCUT2D eigenvalue weighted by Gasteiger charge is 2.30. The van der Waals surface area contributed by atoms with E-state index in [1.807, 2.05) is 17.5 Å². The van der Waals surface area contributed by atoms with Crippen molar-refractivity contribution in [3.8, 4) is 11.8 Å². The fourth-order valence-corrected chi connectivity index (χ4v) is 2.50. The lowest BCUT2D eigenvalue weighted by molar-refractivity contribution is -0.137. The van der Waals surface area contributed by atoms with Gasteiger partial charge < -0.3 is 10.6 Å². The Bertz CT molecular complexity index is 740. The van der Waals surface area contributed by atoms with Crippen LogP contribution in [0.3, 0.4) is 0 Å². The number of thiophene rings is 1. The molecule has 2 aromatic rings. The van der Waals surface area contributed by atoms with Gasteiger partial charge in [-0.25, -0.2) is 0 Å². The number of benzene rings is 1. The highest BCUT2D eigenvalue weighted by Crippen LogP contribution is 2.29. The highest BCUT2D eigenvalue weighted by atomic mass is 32.1. The van der Waals surface area contributed by atoms with Gasteiger partial charge in [-0.15, -0.1) is 11.3 Å². The SMILES string of the molecule is CN=C(NCC#Cc1cccc(C(F)(F)F)c1)NCc1cccs1. The number of guanidine groups is 1. The zero-order chi connectivity index (χ0) is 17.4. The predicted molar refractivity (Wildman–Crippen MR) is 90.8 cm³/mol. The molecule has 0 saturated heterocycles. The Balaban J connectivity index is 1.86. The lowest BCUT2D eigenvalue weighted by atomic mass is 10.1. The summed E-state index contributed by atoms with van der Waals surface area (Å²) >= 11 is 1.64. The summed E-state index contributed by atoms with van der Waals surface area (Å²) < 4.78 is 37.9. The monoisotopic (exact) mass is 351 g/mol. The second kappa shape index (κ2) is 8.41. The molecule has 0 aliphatic rings. The molecule has 0 unspecified atom stereocenters. The number of hydrogen-bond acceptors (Lipinski definition) is 2. The van der Waals surface area contributed by atoms with Gasteiger partial charge in [-0.1, -0.05) is 24.0 Å². The van der Waals surface area contributed by atoms with E-state index >= 15 is 0 Å². The van der Waals surface area contributed by atoms with Crippen molar-refractivity contribution in [2.24, 2.45) is 4.99 Å². The molecular formula is C17H16F3N3S. The van der Waals surface area contributed by atoms with E-state index in [0.717, 1.165) is 12.1 Å². The van der Waals surface area contributed by atoms with Crippen LogP contribution in [0.5, 0.6) is 0 Å². The highest BCUT2D eigenvalue weighted by molar-refractivity contribution is 7.09. The predicted octanol–water partition coefficient (Wildman–Crippen LogP) is 3.48. The van der Waals surface area contributed by atoms with Gasteiger partial charge >= 0.3 is 6.18 Å². The van der Waals surface area contributed by atoms with Crippen molar-refractivity contribution >= 4 is 17.3 Å². The average molecular weight is 351 g/mol. The maximum atomic E-state index is 12.6. The molecule has 7 heteroatoms. The molecule has 0 atom stereocenters. The van der Waals surface area contributed by atoms with Crippen molar-refractivity contribution < 1.29 is 13.2 Å². The summed E-state index contributed by atoms with van der Waals surface area (Å²) in [5.74, 6) is 6.09. The summed E-state index contributed by atoms with van der Waals surface area (Å²) in [6.07, 6.45) is -4.36. The molecule has 126 valence electrons. The molecule has 0 saturated carbocycles. The van der Waals surface area contributed by atoms with Crippen molar-refractivity contribution in [1.82, 2.24) is 10.6 Å². The summed E-state index contributed by atoms with van der Waals surface area (Å²) in [6, 6.07) is 8.95. The van der Waals surface area contributed by atoms with E-state index in [0.29, 0.717) is 18.1 Å². The van der Waals surface area contributed by atoms with Crippen LogP contribution in [-0.4, -0.2) is 19.6 Å². The van der Waals surface area contributed by atoms with Gasteiger partial charge in [0.2, 0.25) is 0 Å². The summed E-state index contributed by atoms with van der Waals surface area (Å²) in [7, 11) is 1.64. The van der Waals surface area contributed by atoms with E-state index in [9.17, 15) is 13.2 Å². The maximum Gasteiger partial charge on any atom is 0.416 e. The molecule has 0 bridgehead atoms. The van der Waals surface area contributed by atoms with Gasteiger partial charge in [0.1, 0.15) is 0 Å². The normalized spacial score (nSPS) is 11.6. The molecule has 2 N–H and O–H groups in total. The van der Waals surface area contributed by atoms with Gasteiger partial charge in [0.15, 0.2) is 5.96 Å². The van der Waals surface area contributed by atoms with Gasteiger partial charge in [0, 0.05) is 17.5 Å². The summed E-state index contributed by atoms with van der Waals surface area (Å²) in [6.45, 7) is 0.929. The summed E-state index contributed by atoms with van der Waals surface area (Å²) in [5, 5.41) is 8.12. The number of nitrogens with zero attached hydrogens (tertiary/aromatic N) is 1. The molecule has 0 amide bonds. The third kappa shape index (κ3) is 5.63. The topological polar surface area (TPSA) is 36.4 Å². The van der Waals surface area contributed by atoms with Crippen molar-refractivity contribution in [2.75, 3.05) is 13.6 Å². The van der Waals surface area contributed by atoms with Crippen LogP contribution in [0, 0.1) is 11.8 Å². The number of nitrogens with one attached hydrogen (secondary N) is 2. The zero-order valence-electron chi connectivity index (χ0n) is 12.9. The van der Waals surface area contributed by atoms with Crippen LogP contribution in [0.15, 0.2) is 46.8 Å². The van der Waals surface area contributed by atoms with Crippen LogP contribution in [0.1, 0.15) is 16.0 Å². The van der Waals surface area contributed by atoms with E-state index in [4.69, 9.17) is 0 Å². The van der Waals surface area contributed by atoms with Gasteiger partial charge in [-0.05, 0) is 29.6 Å². The molecule has 3 nitrogen and oxygen atoms in total. The van der Waals surface area contributed by atoms with E-state index in [-0.39, 0.29) is 6.54 Å². The van der Waals surface area contributed by atoms with Crippen molar-refractivity contribution in [2.45, 2.75) is 12.7 Å². The first kappa shape index (κ1) is 17.9. The van der Waals surface area contributed by atoms with Crippen LogP contribution < -0.4 is 10.6 Å². The smallest absolute Gasteiger partial charge is 0.352 e. The molecule has 1 aromatic heterocycles. The lowest BCUT2D eigenvalue weighted by Crippen LogP contribution is -2.36. The first-order valence-corrected chi connectivity index (χ1v) is 8.00. The maximum absolute atomic E-state index is 12.6. The van der Waals surface area contributed by atoms with Gasteiger partial charge in [0.05, 0.1) is 18.7 Å². The molecule has 0 spiro atoms. The molecule has 0 radical (unpaired) electrons. The van der Waals surface area contributed by atoms with E-state index in [2.05, 4.69) is 27.5 Å². The molecule has 24 heavy (non-hydrogen) atoms. The van der Waals surface area contributed by atoms with Crippen LogP contribution in [0.25, 0.3) is 0 Å². The summed E-state index contributed by atoms with van der Waals surface area (Å²) in [5.41, 5.74) is -0.371. The molecule has 1 heterocycles. The average Bonchev–Trinajstić information content (AvgIpc) is 3.07. The van der Waals surface area contributed by atoms with E-state index in [1.165, 1.54) is 10.9 Å². The molecule has 2 rings (SSSR count). The minimum atomic E-state index is -4.36. The number of hydrogen-bond donors (Lipinski definition) is 2. The number of rotatable bonds is 3. The molecular weight excluding hydrogens is 335 g/mol. The first-order valence-electron chi connectivity index (χ1n) is 7.12. The Labute approximate surface area is 142 Å². The van der Waals surface area contributed by atoms with Crippen LogP contribution in [0.4, 0.5) is 13.2 Å². The molecule has 0 aliphatic carbocycles. The van der Waals surface area contributed by atoms with E-state index in [1.54, 1.807) is 24.5 Å². The third-order valence-corrected chi connectivity index (χ3v) is 3.88. The Morgan fingerprint density at radius 2 is 2.04 bits per heavy atom. The van der Waals surface area contributed by atoms with Crippen LogP contribution in [0.2, 0.25) is 0 Å². The number of alkyl halides is 3. The minimum Gasteiger partial charge on any atom is -0.352 e. The van der Waals surface area contributed by atoms with Crippen LogP contribution >= 0.6 is 11.3 Å². The van der Waals surface area contributed by atoms with Crippen LogP contribution in [-0.2, 0) is 12.7 Å². The summed E-state index contributed by atoms with van der Waals surface area (Å²) in [4.78, 5) is 5.24. The van der Waals surface area contributed by atoms with Crippen molar-refractivity contribution in [3.05, 3.63) is 57.8 Å². The number of halogens is 3. The fraction of sp³-hybridized carbons (Fsp3) is 0.235. The van der Waals surface area contributed by atoms with Gasteiger partial charge in [0.25, 0.3) is 0 Å². The third-order valence-electron chi connectivity index (χ3n) is 3.00. The molecule has 1 aromatic carbocycles. The minimum absolute atomic E-state index is 0.278. The van der Waals surface area contributed by atoms with Gasteiger partial charge in [-0.2, -0.15) is 13.2 Å². The van der Waals surface area contributed by atoms with Crippen molar-refractivity contribution in [1.29, 1.82) is 0 Å². The standard InChI is InChI=1S/C17H16F3N3S/c1-21-16(23-12-15-8-4-10-24-15)22-9-3-6-13-5-2-7-14(11-13)17(18,19)20/h2,4-5,7-8,10-11H,9,12H2,1H3,(H2,21,22,23). The largest absolute Gasteiger partial charge is 0.416 e. The first-order chi connectivity index (χ1) is 11.5. The van der Waals surface area contributed by atoms with Gasteiger partial charge in [-0.3, -0.25) is 4.99 Å². The fourth-order valence-electron chi connectivity index (χ4n) is 1.85. The quantitative estimate of drug-likeness (QED) is 0.505. The Hall–Kier alpha value is -2.46. The van der Waals surface area contributed by atoms with E-state index < -0.39 is 11.7 Å². The Morgan fingerprint density at radius 1 is 1.21 bits per heavy atom. The Morgan fingerprint density at radius 3 is 2.71 bits per heavy atom. The second-order valence-electron chi connectivity index (χ2n) is 4.74. The number of aliphatic imine (C=N–C) groups is 1. The Kier molecular flexibility index (Phi) is 6.27. The lowest BCUT2D eigenvalue weighted by Gasteiger charge is -2.08. The second-order valence-corrected chi connectivity index (χ2v) is 5.77.